The summed E-state index contributed by atoms with van der Waals surface area (Å²) < 4.78 is 17.1. The third-order valence-electron chi connectivity index (χ3n) is 5.83. The fourth-order valence-corrected chi connectivity index (χ4v) is 4.03. The number of aryl methyl sites for hydroxylation is 1. The van der Waals surface area contributed by atoms with Crippen molar-refractivity contribution in [2.45, 2.75) is 57.2 Å². The van der Waals surface area contributed by atoms with E-state index in [1.165, 1.54) is 18.4 Å². The van der Waals surface area contributed by atoms with Gasteiger partial charge >= 0.3 is 0 Å². The maximum Gasteiger partial charge on any atom is 0.193 e. The molecule has 6 heteroatoms. The number of nitrogens with one attached hydrogen (secondary N) is 1. The number of guanidine groups is 1. The zero-order valence-electron chi connectivity index (χ0n) is 18.1. The molecule has 2 aliphatic heterocycles. The first kappa shape index (κ1) is 21.9. The van der Waals surface area contributed by atoms with Crippen LogP contribution in [0.15, 0.2) is 29.3 Å². The Kier molecular flexibility index (Phi) is 9.09. The molecule has 6 nitrogen and oxygen atoms in total. The van der Waals surface area contributed by atoms with E-state index in [1.54, 1.807) is 7.11 Å². The van der Waals surface area contributed by atoms with E-state index in [0.717, 1.165) is 76.7 Å². The SMILES string of the molecule is CN=C(NCCCc1ccc(OC)cc1)N1CCC(OCC2CCCCO2)CC1. The monoisotopic (exact) mass is 403 g/mol. The largest absolute Gasteiger partial charge is 0.497 e. The number of piperidine rings is 1. The Morgan fingerprint density at radius 3 is 2.62 bits per heavy atom. The molecule has 2 fully saturated rings. The summed E-state index contributed by atoms with van der Waals surface area (Å²) in [4.78, 5) is 6.83. The molecule has 1 N–H and O–H groups in total. The van der Waals surface area contributed by atoms with Gasteiger partial charge in [0.2, 0.25) is 0 Å². The normalized spacial score (nSPS) is 21.2. The number of methoxy groups -OCH3 is 1. The van der Waals surface area contributed by atoms with E-state index in [9.17, 15) is 0 Å². The summed E-state index contributed by atoms with van der Waals surface area (Å²) in [6.45, 7) is 4.56. The molecule has 1 aromatic rings. The zero-order valence-corrected chi connectivity index (χ0v) is 18.1. The summed E-state index contributed by atoms with van der Waals surface area (Å²) in [5.74, 6) is 1.92. The Morgan fingerprint density at radius 1 is 1.17 bits per heavy atom. The van der Waals surface area contributed by atoms with E-state index >= 15 is 0 Å². The number of hydrogen-bond acceptors (Lipinski definition) is 4. The van der Waals surface area contributed by atoms with Crippen molar-refractivity contribution in [3.05, 3.63) is 29.8 Å². The summed E-state index contributed by atoms with van der Waals surface area (Å²) in [7, 11) is 3.57. The maximum atomic E-state index is 6.13. The van der Waals surface area contributed by atoms with E-state index < -0.39 is 0 Å². The van der Waals surface area contributed by atoms with Gasteiger partial charge in [-0.15, -0.1) is 0 Å². The Morgan fingerprint density at radius 2 is 1.97 bits per heavy atom. The molecule has 1 unspecified atom stereocenters. The number of likely N-dealkylation sites (tertiary alicyclic amines) is 1. The lowest BCUT2D eigenvalue weighted by molar-refractivity contribution is -0.0721. The van der Waals surface area contributed by atoms with Gasteiger partial charge in [-0.25, -0.2) is 0 Å². The lowest BCUT2D eigenvalue weighted by Crippen LogP contribution is -2.47. The van der Waals surface area contributed by atoms with Crippen molar-refractivity contribution in [2.75, 3.05) is 47.0 Å². The molecule has 0 radical (unpaired) electrons. The summed E-state index contributed by atoms with van der Waals surface area (Å²) in [5.41, 5.74) is 1.34. The summed E-state index contributed by atoms with van der Waals surface area (Å²) in [6.07, 6.45) is 8.50. The van der Waals surface area contributed by atoms with Gasteiger partial charge < -0.3 is 24.4 Å². The molecule has 0 aromatic heterocycles. The van der Waals surface area contributed by atoms with Crippen molar-refractivity contribution >= 4 is 5.96 Å². The van der Waals surface area contributed by atoms with Crippen LogP contribution in [0.25, 0.3) is 0 Å². The van der Waals surface area contributed by atoms with Gasteiger partial charge in [-0.3, -0.25) is 4.99 Å². The quantitative estimate of drug-likeness (QED) is 0.410. The fourth-order valence-electron chi connectivity index (χ4n) is 4.03. The van der Waals surface area contributed by atoms with Crippen LogP contribution in [0.2, 0.25) is 0 Å². The Hall–Kier alpha value is -1.79. The second-order valence-corrected chi connectivity index (χ2v) is 7.93. The van der Waals surface area contributed by atoms with Gasteiger partial charge in [0.05, 0.1) is 25.9 Å². The third kappa shape index (κ3) is 7.19. The Labute approximate surface area is 175 Å². The van der Waals surface area contributed by atoms with E-state index in [0.29, 0.717) is 12.2 Å². The average Bonchev–Trinajstić information content (AvgIpc) is 2.79. The maximum absolute atomic E-state index is 6.13. The molecule has 0 amide bonds. The minimum Gasteiger partial charge on any atom is -0.497 e. The Balaban J connectivity index is 1.31. The minimum atomic E-state index is 0.307. The molecule has 162 valence electrons. The molecular formula is C23H37N3O3. The van der Waals surface area contributed by atoms with Crippen molar-refractivity contribution < 1.29 is 14.2 Å². The van der Waals surface area contributed by atoms with Crippen LogP contribution in [-0.4, -0.2) is 70.1 Å². The van der Waals surface area contributed by atoms with Crippen molar-refractivity contribution in [3.63, 3.8) is 0 Å². The molecule has 29 heavy (non-hydrogen) atoms. The molecule has 1 atom stereocenters. The number of ether oxygens (including phenoxy) is 3. The van der Waals surface area contributed by atoms with Crippen LogP contribution in [0.4, 0.5) is 0 Å². The van der Waals surface area contributed by atoms with Crippen LogP contribution in [0.5, 0.6) is 5.75 Å². The van der Waals surface area contributed by atoms with Gasteiger partial charge in [-0.05, 0) is 62.6 Å². The summed E-state index contributed by atoms with van der Waals surface area (Å²) in [6, 6.07) is 8.32. The number of rotatable bonds is 8. The first-order valence-electron chi connectivity index (χ1n) is 11.1. The number of nitrogens with zero attached hydrogens (tertiary/aromatic N) is 2. The van der Waals surface area contributed by atoms with Gasteiger partial charge in [-0.1, -0.05) is 12.1 Å². The second-order valence-electron chi connectivity index (χ2n) is 7.93. The lowest BCUT2D eigenvalue weighted by atomic mass is 10.1. The molecule has 0 spiro atoms. The standard InChI is InChI=1S/C23H37N3O3/c1-24-23(25-14-5-6-19-8-10-20(27-2)11-9-19)26-15-12-21(13-16-26)29-18-22-7-3-4-17-28-22/h8-11,21-22H,3-7,12-18H2,1-2H3,(H,24,25). The summed E-state index contributed by atoms with van der Waals surface area (Å²) >= 11 is 0. The highest BCUT2D eigenvalue weighted by Crippen LogP contribution is 2.18. The van der Waals surface area contributed by atoms with Crippen molar-refractivity contribution in [1.29, 1.82) is 0 Å². The first-order chi connectivity index (χ1) is 14.3. The van der Waals surface area contributed by atoms with Crippen LogP contribution < -0.4 is 10.1 Å². The molecule has 0 bridgehead atoms. The lowest BCUT2D eigenvalue weighted by Gasteiger charge is -2.35. The van der Waals surface area contributed by atoms with Gasteiger partial charge in [0.15, 0.2) is 5.96 Å². The molecule has 0 aliphatic carbocycles. The molecule has 0 saturated carbocycles. The number of hydrogen-bond donors (Lipinski definition) is 1. The van der Waals surface area contributed by atoms with E-state index in [1.807, 2.05) is 19.2 Å². The average molecular weight is 404 g/mol. The minimum absolute atomic E-state index is 0.307. The van der Waals surface area contributed by atoms with Crippen molar-refractivity contribution in [1.82, 2.24) is 10.2 Å². The van der Waals surface area contributed by atoms with Crippen LogP contribution >= 0.6 is 0 Å². The van der Waals surface area contributed by atoms with Crippen LogP contribution in [0, 0.1) is 0 Å². The topological polar surface area (TPSA) is 55.3 Å². The van der Waals surface area contributed by atoms with Gasteiger partial charge in [0.1, 0.15) is 5.75 Å². The van der Waals surface area contributed by atoms with Crippen LogP contribution in [-0.2, 0) is 15.9 Å². The molecule has 2 saturated heterocycles. The Bertz CT molecular complexity index is 606. The predicted molar refractivity (Wildman–Crippen MR) is 117 cm³/mol. The molecule has 1 aromatic carbocycles. The highest BCUT2D eigenvalue weighted by molar-refractivity contribution is 5.79. The zero-order chi connectivity index (χ0) is 20.3. The van der Waals surface area contributed by atoms with E-state index in [2.05, 4.69) is 27.3 Å². The van der Waals surface area contributed by atoms with Crippen molar-refractivity contribution in [2.24, 2.45) is 4.99 Å². The van der Waals surface area contributed by atoms with E-state index in [-0.39, 0.29) is 0 Å². The number of aliphatic imine (C=N–C) groups is 1. The van der Waals surface area contributed by atoms with Crippen LogP contribution in [0.3, 0.4) is 0 Å². The molecule has 2 heterocycles. The molecule has 3 rings (SSSR count). The van der Waals surface area contributed by atoms with Crippen molar-refractivity contribution in [3.8, 4) is 5.75 Å². The highest BCUT2D eigenvalue weighted by Gasteiger charge is 2.23. The fraction of sp³-hybridized carbons (Fsp3) is 0.696. The second kappa shape index (κ2) is 12.0. The smallest absolute Gasteiger partial charge is 0.193 e. The number of benzene rings is 1. The highest BCUT2D eigenvalue weighted by atomic mass is 16.5. The molecule has 2 aliphatic rings. The third-order valence-corrected chi connectivity index (χ3v) is 5.83. The van der Waals surface area contributed by atoms with Gasteiger partial charge in [0, 0.05) is 33.3 Å². The van der Waals surface area contributed by atoms with Crippen LogP contribution in [0.1, 0.15) is 44.1 Å². The van der Waals surface area contributed by atoms with E-state index in [4.69, 9.17) is 14.2 Å². The predicted octanol–water partition coefficient (Wildman–Crippen LogP) is 3.25. The summed E-state index contributed by atoms with van der Waals surface area (Å²) in [5, 5.41) is 3.52. The first-order valence-corrected chi connectivity index (χ1v) is 11.1. The van der Waals surface area contributed by atoms with Gasteiger partial charge in [-0.2, -0.15) is 0 Å². The molecular weight excluding hydrogens is 366 g/mol. The van der Waals surface area contributed by atoms with Gasteiger partial charge in [0.25, 0.3) is 0 Å².